The van der Waals surface area contributed by atoms with Crippen LogP contribution in [0.5, 0.6) is 0 Å². The summed E-state index contributed by atoms with van der Waals surface area (Å²) in [5.74, 6) is 0.633. The smallest absolute Gasteiger partial charge is 0.0227 e. The third-order valence-electron chi connectivity index (χ3n) is 2.15. The van der Waals surface area contributed by atoms with Gasteiger partial charge in [-0.15, -0.1) is 0 Å². The first kappa shape index (κ1) is 14.2. The van der Waals surface area contributed by atoms with Gasteiger partial charge in [-0.2, -0.15) is 0 Å². The molecule has 0 unspecified atom stereocenters. The lowest BCUT2D eigenvalue weighted by atomic mass is 10.0. The molecule has 0 N–H and O–H groups in total. The van der Waals surface area contributed by atoms with E-state index in [1.54, 1.807) is 0 Å². The van der Waals surface area contributed by atoms with E-state index in [0.29, 0.717) is 5.92 Å². The molecule has 0 bridgehead atoms. The maximum absolute atomic E-state index is 2.23. The Morgan fingerprint density at radius 1 is 1.00 bits per heavy atom. The average molecular weight is 207 g/mol. The Morgan fingerprint density at radius 3 is 1.80 bits per heavy atom. The van der Waals surface area contributed by atoms with Crippen LogP contribution in [0.4, 0.5) is 0 Å². The second-order valence-electron chi connectivity index (χ2n) is 4.13. The Labute approximate surface area is 95.1 Å². The van der Waals surface area contributed by atoms with Crippen LogP contribution in [0.2, 0.25) is 0 Å². The van der Waals surface area contributed by atoms with Gasteiger partial charge in [0.05, 0.1) is 0 Å². The topological polar surface area (TPSA) is 3.24 Å². The molecule has 0 saturated carbocycles. The van der Waals surface area contributed by atoms with Gasteiger partial charge < -0.3 is 4.90 Å². The van der Waals surface area contributed by atoms with E-state index in [2.05, 4.69) is 57.1 Å². The summed E-state index contributed by atoms with van der Waals surface area (Å²) in [5, 5.41) is 0. The van der Waals surface area contributed by atoms with E-state index in [1.807, 2.05) is 13.8 Å². The molecule has 0 saturated heterocycles. The minimum absolute atomic E-state index is 0.633. The molecule has 1 heteroatoms. The van der Waals surface area contributed by atoms with Crippen LogP contribution in [0.25, 0.3) is 0 Å². The Bertz CT molecular complexity index is 247. The van der Waals surface area contributed by atoms with Gasteiger partial charge in [0.2, 0.25) is 0 Å². The van der Waals surface area contributed by atoms with Gasteiger partial charge in [0.1, 0.15) is 0 Å². The zero-order valence-electron chi connectivity index (χ0n) is 11.0. The van der Waals surface area contributed by atoms with Gasteiger partial charge >= 0.3 is 0 Å². The van der Waals surface area contributed by atoms with Crippen molar-refractivity contribution in [3.8, 4) is 0 Å². The van der Waals surface area contributed by atoms with Gasteiger partial charge in [-0.1, -0.05) is 52.0 Å². The molecule has 1 aromatic carbocycles. The predicted molar refractivity (Wildman–Crippen MR) is 69.3 cm³/mol. The zero-order chi connectivity index (χ0) is 11.8. The van der Waals surface area contributed by atoms with Crippen molar-refractivity contribution in [3.63, 3.8) is 0 Å². The number of hydrogen-bond donors (Lipinski definition) is 0. The largest absolute Gasteiger partial charge is 0.305 e. The third kappa shape index (κ3) is 5.58. The Balaban J connectivity index is 0.000000921. The van der Waals surface area contributed by atoms with Gasteiger partial charge in [-0.05, 0) is 31.1 Å². The molecular formula is C14H25N. The van der Waals surface area contributed by atoms with Crippen LogP contribution in [0.1, 0.15) is 44.7 Å². The summed E-state index contributed by atoms with van der Waals surface area (Å²) >= 11 is 0. The van der Waals surface area contributed by atoms with E-state index >= 15 is 0 Å². The van der Waals surface area contributed by atoms with Gasteiger partial charge in [0, 0.05) is 6.54 Å². The SMILES string of the molecule is CC.CC(C)c1ccc(CN(C)C)cc1. The summed E-state index contributed by atoms with van der Waals surface area (Å²) < 4.78 is 0. The molecule has 0 radical (unpaired) electrons. The van der Waals surface area contributed by atoms with Crippen LogP contribution >= 0.6 is 0 Å². The minimum Gasteiger partial charge on any atom is -0.305 e. The van der Waals surface area contributed by atoms with Crippen LogP contribution in [0.15, 0.2) is 24.3 Å². The van der Waals surface area contributed by atoms with Gasteiger partial charge in [-0.3, -0.25) is 0 Å². The Hall–Kier alpha value is -0.820. The van der Waals surface area contributed by atoms with E-state index in [0.717, 1.165) is 6.54 Å². The maximum Gasteiger partial charge on any atom is 0.0227 e. The Morgan fingerprint density at radius 2 is 1.47 bits per heavy atom. The minimum atomic E-state index is 0.633. The van der Waals surface area contributed by atoms with Crippen LogP contribution in [0, 0.1) is 0 Å². The first-order chi connectivity index (χ1) is 7.09. The summed E-state index contributed by atoms with van der Waals surface area (Å²) in [6.45, 7) is 9.47. The maximum atomic E-state index is 2.23. The number of rotatable bonds is 3. The number of nitrogens with zero attached hydrogens (tertiary/aromatic N) is 1. The zero-order valence-corrected chi connectivity index (χ0v) is 11.0. The summed E-state index contributed by atoms with van der Waals surface area (Å²) in [7, 11) is 4.19. The lowest BCUT2D eigenvalue weighted by molar-refractivity contribution is 0.402. The highest BCUT2D eigenvalue weighted by Gasteiger charge is 1.99. The van der Waals surface area contributed by atoms with E-state index in [9.17, 15) is 0 Å². The standard InChI is InChI=1S/C12H19N.C2H6/c1-10(2)12-7-5-11(6-8-12)9-13(3)4;1-2/h5-8,10H,9H2,1-4H3;1-2H3. The van der Waals surface area contributed by atoms with E-state index in [4.69, 9.17) is 0 Å². The molecule has 0 fully saturated rings. The molecule has 0 atom stereocenters. The highest BCUT2D eigenvalue weighted by molar-refractivity contribution is 5.24. The van der Waals surface area contributed by atoms with Crippen LogP contribution in [-0.4, -0.2) is 19.0 Å². The fraction of sp³-hybridized carbons (Fsp3) is 0.571. The second kappa shape index (κ2) is 7.47. The van der Waals surface area contributed by atoms with Crippen LogP contribution in [-0.2, 0) is 6.54 Å². The van der Waals surface area contributed by atoms with E-state index in [1.165, 1.54) is 11.1 Å². The van der Waals surface area contributed by atoms with Crippen molar-refractivity contribution >= 4 is 0 Å². The highest BCUT2D eigenvalue weighted by atomic mass is 15.0. The van der Waals surface area contributed by atoms with Crippen molar-refractivity contribution in [1.29, 1.82) is 0 Å². The number of hydrogen-bond acceptors (Lipinski definition) is 1. The highest BCUT2D eigenvalue weighted by Crippen LogP contribution is 2.14. The van der Waals surface area contributed by atoms with Crippen molar-refractivity contribution in [2.75, 3.05) is 14.1 Å². The number of benzene rings is 1. The van der Waals surface area contributed by atoms with E-state index < -0.39 is 0 Å². The van der Waals surface area contributed by atoms with Gasteiger partial charge in [0.15, 0.2) is 0 Å². The Kier molecular flexibility index (Phi) is 7.06. The molecule has 86 valence electrons. The van der Waals surface area contributed by atoms with Crippen LogP contribution < -0.4 is 0 Å². The molecule has 0 aromatic heterocycles. The van der Waals surface area contributed by atoms with Crippen LogP contribution in [0.3, 0.4) is 0 Å². The predicted octanol–water partition coefficient (Wildman–Crippen LogP) is 3.90. The quantitative estimate of drug-likeness (QED) is 0.726. The lowest BCUT2D eigenvalue weighted by Gasteiger charge is -2.11. The summed E-state index contributed by atoms with van der Waals surface area (Å²) in [5.41, 5.74) is 2.80. The first-order valence-corrected chi connectivity index (χ1v) is 5.83. The second-order valence-corrected chi connectivity index (χ2v) is 4.13. The molecule has 0 heterocycles. The van der Waals surface area contributed by atoms with Crippen molar-refractivity contribution in [2.24, 2.45) is 0 Å². The van der Waals surface area contributed by atoms with Gasteiger partial charge in [-0.25, -0.2) is 0 Å². The summed E-state index contributed by atoms with van der Waals surface area (Å²) in [4.78, 5) is 2.18. The summed E-state index contributed by atoms with van der Waals surface area (Å²) in [6, 6.07) is 8.89. The van der Waals surface area contributed by atoms with Gasteiger partial charge in [0.25, 0.3) is 0 Å². The van der Waals surface area contributed by atoms with E-state index in [-0.39, 0.29) is 0 Å². The molecule has 1 aromatic rings. The monoisotopic (exact) mass is 207 g/mol. The molecular weight excluding hydrogens is 182 g/mol. The molecule has 0 aliphatic heterocycles. The molecule has 1 rings (SSSR count). The molecule has 1 nitrogen and oxygen atoms in total. The lowest BCUT2D eigenvalue weighted by Crippen LogP contribution is -2.10. The van der Waals surface area contributed by atoms with Crippen molar-refractivity contribution in [2.45, 2.75) is 40.2 Å². The van der Waals surface area contributed by atoms with Crippen molar-refractivity contribution in [3.05, 3.63) is 35.4 Å². The van der Waals surface area contributed by atoms with Crippen molar-refractivity contribution < 1.29 is 0 Å². The normalized spacial score (nSPS) is 10.1. The summed E-state index contributed by atoms with van der Waals surface area (Å²) in [6.07, 6.45) is 0. The average Bonchev–Trinajstić information content (AvgIpc) is 2.20. The fourth-order valence-electron chi connectivity index (χ4n) is 1.37. The molecule has 0 aliphatic carbocycles. The van der Waals surface area contributed by atoms with Crippen molar-refractivity contribution in [1.82, 2.24) is 4.90 Å². The molecule has 0 amide bonds. The molecule has 0 spiro atoms. The third-order valence-corrected chi connectivity index (χ3v) is 2.15. The molecule has 15 heavy (non-hydrogen) atoms. The fourth-order valence-corrected chi connectivity index (χ4v) is 1.37. The molecule has 0 aliphatic rings. The first-order valence-electron chi connectivity index (χ1n) is 5.83.